The van der Waals surface area contributed by atoms with Crippen LogP contribution in [-0.2, 0) is 29.6 Å². The van der Waals surface area contributed by atoms with Crippen molar-refractivity contribution in [2.45, 2.75) is 63.2 Å². The minimum Gasteiger partial charge on any atom is -0.480 e. The summed E-state index contributed by atoms with van der Waals surface area (Å²) in [6.07, 6.45) is 3.25. The van der Waals surface area contributed by atoms with Gasteiger partial charge in [-0.1, -0.05) is 89.1 Å². The van der Waals surface area contributed by atoms with Crippen LogP contribution in [0.5, 0.6) is 0 Å². The molecule has 0 bridgehead atoms. The Balaban J connectivity index is 0.00000169. The minimum absolute atomic E-state index is 0.0252. The highest BCUT2D eigenvalue weighted by Gasteiger charge is 2.30. The van der Waals surface area contributed by atoms with E-state index in [-0.39, 0.29) is 22.9 Å². The molecule has 0 spiro atoms. The number of unbranched alkanes of at least 4 members (excludes halogenated alkanes) is 1. The fourth-order valence-electron chi connectivity index (χ4n) is 6.05. The molecular weight excluding hydrogens is 755 g/mol. The second-order valence-electron chi connectivity index (χ2n) is 13.5. The number of fused-ring (bicyclic) bond motifs is 2. The lowest BCUT2D eigenvalue weighted by Crippen LogP contribution is -2.39. The highest BCUT2D eigenvalue weighted by Crippen LogP contribution is 2.33. The molecule has 0 aliphatic rings. The van der Waals surface area contributed by atoms with Gasteiger partial charge in [0.15, 0.2) is 0 Å². The van der Waals surface area contributed by atoms with Crippen molar-refractivity contribution in [3.05, 3.63) is 72.8 Å². The summed E-state index contributed by atoms with van der Waals surface area (Å²) in [6.45, 7) is 7.60. The molecule has 15 heteroatoms. The Morgan fingerprint density at radius 1 is 0.518 bits per heavy atom. The lowest BCUT2D eigenvalue weighted by Gasteiger charge is -2.25. The van der Waals surface area contributed by atoms with Crippen LogP contribution in [0.2, 0.25) is 0 Å². The molecule has 0 saturated carbocycles. The summed E-state index contributed by atoms with van der Waals surface area (Å²) in [5, 5.41) is 21.6. The van der Waals surface area contributed by atoms with Crippen LogP contribution in [0.25, 0.3) is 21.5 Å². The van der Waals surface area contributed by atoms with Gasteiger partial charge in [-0.05, 0) is 57.2 Å². The summed E-state index contributed by atoms with van der Waals surface area (Å²) in [7, 11) is 0.850. The largest absolute Gasteiger partial charge is 0.480 e. The molecular formula is C41H61N5O8S2. The molecule has 0 saturated heterocycles. The molecule has 13 nitrogen and oxygen atoms in total. The number of aliphatic carboxylic acids is 2. The van der Waals surface area contributed by atoms with Gasteiger partial charge in [-0.2, -0.15) is 8.61 Å². The van der Waals surface area contributed by atoms with Crippen molar-refractivity contribution >= 4 is 64.9 Å². The molecule has 0 aliphatic heterocycles. The van der Waals surface area contributed by atoms with Crippen LogP contribution in [0.3, 0.4) is 0 Å². The third-order valence-electron chi connectivity index (χ3n) is 8.94. The predicted molar refractivity (Wildman–Crippen MR) is 228 cm³/mol. The molecule has 4 aromatic rings. The average molecular weight is 816 g/mol. The van der Waals surface area contributed by atoms with Gasteiger partial charge in [-0.3, -0.25) is 9.59 Å². The van der Waals surface area contributed by atoms with E-state index in [9.17, 15) is 36.6 Å². The van der Waals surface area contributed by atoms with Gasteiger partial charge in [0.1, 0.15) is 13.1 Å². The van der Waals surface area contributed by atoms with Gasteiger partial charge in [0.05, 0.1) is 9.79 Å². The third kappa shape index (κ3) is 12.6. The molecule has 0 heterocycles. The monoisotopic (exact) mass is 815 g/mol. The summed E-state index contributed by atoms with van der Waals surface area (Å²) in [4.78, 5) is 29.2. The topological polar surface area (TPSA) is 159 Å². The minimum atomic E-state index is -4.19. The second kappa shape index (κ2) is 22.5. The van der Waals surface area contributed by atoms with Crippen LogP contribution in [0.4, 0.5) is 11.4 Å². The molecule has 310 valence electrons. The number of anilines is 2. The number of carboxylic acids is 2. The Bertz CT molecular complexity index is 1960. The second-order valence-corrected chi connectivity index (χ2v) is 17.3. The van der Waals surface area contributed by atoms with Crippen LogP contribution in [0, 0.1) is 0 Å². The van der Waals surface area contributed by atoms with E-state index in [1.807, 2.05) is 81.0 Å². The van der Waals surface area contributed by atoms with Gasteiger partial charge in [0.2, 0.25) is 20.0 Å². The number of hydrogen-bond acceptors (Lipinski definition) is 9. The van der Waals surface area contributed by atoms with Gasteiger partial charge in [-0.15, -0.1) is 0 Å². The molecule has 0 radical (unpaired) electrons. The standard InChI is InChI=1S/C35H45N5O8S2.C4H10.C2H6/c1-36(2)30-16-6-14-28-26(30)12-8-18-32(28)49(45,46)39(24-34(41)42)22-10-20-38(5)21-11-23-40(25-35(43)44)50(47,48)33-19-9-13-27-29(33)15-7-17-31(27)37(3)4;1-3-4-2;1-2/h6-9,12-19H,10-11,20-25H2,1-5H3,(H,41,42)(H,43,44);3-4H2,1-2H3;1-2H3. The average Bonchev–Trinajstić information content (AvgIpc) is 3.16. The van der Waals surface area contributed by atoms with Crippen molar-refractivity contribution in [3.63, 3.8) is 0 Å². The van der Waals surface area contributed by atoms with Crippen LogP contribution >= 0.6 is 0 Å². The molecule has 4 rings (SSSR count). The van der Waals surface area contributed by atoms with Gasteiger partial charge in [0, 0.05) is 74.2 Å². The van der Waals surface area contributed by atoms with Crippen LogP contribution in [0.15, 0.2) is 82.6 Å². The summed E-state index contributed by atoms with van der Waals surface area (Å²) in [5.74, 6) is -2.56. The van der Waals surface area contributed by atoms with Crippen molar-refractivity contribution in [1.29, 1.82) is 0 Å². The lowest BCUT2D eigenvalue weighted by molar-refractivity contribution is -0.138. The first-order valence-corrected chi connectivity index (χ1v) is 21.9. The molecule has 0 unspecified atom stereocenters. The van der Waals surface area contributed by atoms with Crippen LogP contribution in [-0.4, -0.2) is 127 Å². The molecule has 0 atom stereocenters. The van der Waals surface area contributed by atoms with Gasteiger partial charge >= 0.3 is 11.9 Å². The summed E-state index contributed by atoms with van der Waals surface area (Å²) in [6, 6.07) is 20.6. The molecule has 56 heavy (non-hydrogen) atoms. The van der Waals surface area contributed by atoms with E-state index in [0.29, 0.717) is 36.7 Å². The highest BCUT2D eigenvalue weighted by atomic mass is 32.2. The van der Waals surface area contributed by atoms with Crippen molar-refractivity contribution in [2.75, 3.05) is 84.3 Å². The van der Waals surface area contributed by atoms with Crippen LogP contribution < -0.4 is 9.80 Å². The maximum Gasteiger partial charge on any atom is 0.318 e. The number of benzene rings is 4. The van der Waals surface area contributed by atoms with Crippen LogP contribution in [0.1, 0.15) is 53.4 Å². The Morgan fingerprint density at radius 3 is 1.14 bits per heavy atom. The quantitative estimate of drug-likeness (QED) is 0.106. The summed E-state index contributed by atoms with van der Waals surface area (Å²) >= 11 is 0. The van der Waals surface area contributed by atoms with Gasteiger partial charge in [0.25, 0.3) is 0 Å². The molecule has 0 aromatic heterocycles. The first kappa shape index (κ1) is 47.9. The van der Waals surface area contributed by atoms with E-state index in [0.717, 1.165) is 30.8 Å². The first-order chi connectivity index (χ1) is 26.5. The fraction of sp³-hybridized carbons (Fsp3) is 0.463. The van der Waals surface area contributed by atoms with Gasteiger partial charge in [-0.25, -0.2) is 16.8 Å². The normalized spacial score (nSPS) is 11.6. The van der Waals surface area contributed by atoms with Crippen molar-refractivity contribution in [2.24, 2.45) is 0 Å². The Labute approximate surface area is 334 Å². The zero-order valence-corrected chi connectivity index (χ0v) is 36.0. The summed E-state index contributed by atoms with van der Waals surface area (Å²) < 4.78 is 57.3. The molecule has 0 aliphatic carbocycles. The highest BCUT2D eigenvalue weighted by molar-refractivity contribution is 7.89. The molecule has 0 fully saturated rings. The van der Waals surface area contributed by atoms with E-state index >= 15 is 0 Å². The van der Waals surface area contributed by atoms with E-state index in [2.05, 4.69) is 13.8 Å². The van der Waals surface area contributed by atoms with E-state index < -0.39 is 45.1 Å². The number of rotatable bonds is 19. The zero-order valence-electron chi connectivity index (χ0n) is 34.4. The Kier molecular flexibility index (Phi) is 19.2. The first-order valence-electron chi connectivity index (χ1n) is 19.0. The number of hydrogen-bond donors (Lipinski definition) is 2. The van der Waals surface area contributed by atoms with E-state index in [1.165, 1.54) is 25.0 Å². The number of sulfonamides is 2. The number of nitrogens with zero attached hydrogens (tertiary/aromatic N) is 5. The number of carbonyl (C=O) groups is 2. The smallest absolute Gasteiger partial charge is 0.318 e. The van der Waals surface area contributed by atoms with Gasteiger partial charge < -0.3 is 24.9 Å². The third-order valence-corrected chi connectivity index (χ3v) is 12.7. The van der Waals surface area contributed by atoms with E-state index in [4.69, 9.17) is 0 Å². The Morgan fingerprint density at radius 2 is 0.839 bits per heavy atom. The maximum absolute atomic E-state index is 13.8. The lowest BCUT2D eigenvalue weighted by atomic mass is 10.1. The zero-order chi connectivity index (χ0) is 42.2. The van der Waals surface area contributed by atoms with E-state index in [1.54, 1.807) is 43.4 Å². The fourth-order valence-corrected chi connectivity index (χ4v) is 9.32. The summed E-state index contributed by atoms with van der Waals surface area (Å²) in [5.41, 5.74) is 1.66. The predicted octanol–water partition coefficient (Wildman–Crippen LogP) is 6.52. The SMILES string of the molecule is CC.CCCC.CN(CCCN(CC(=O)O)S(=O)(=O)c1cccc2c(N(C)C)cccc12)CCCN(CC(=O)O)S(=O)(=O)c1cccc2c(N(C)C)cccc12. The van der Waals surface area contributed by atoms with Crippen molar-refractivity contribution < 1.29 is 36.6 Å². The maximum atomic E-state index is 13.8. The number of carboxylic acid groups (broad SMARTS) is 2. The molecule has 0 amide bonds. The van der Waals surface area contributed by atoms with Crippen molar-refractivity contribution in [1.82, 2.24) is 13.5 Å². The molecule has 2 N–H and O–H groups in total. The molecule has 4 aromatic carbocycles. The van der Waals surface area contributed by atoms with Crippen molar-refractivity contribution in [3.8, 4) is 0 Å². The Hall–Kier alpha value is -4.28.